The fourth-order valence-electron chi connectivity index (χ4n) is 5.37. The van der Waals surface area contributed by atoms with E-state index in [0.717, 1.165) is 58.1 Å². The van der Waals surface area contributed by atoms with Crippen molar-refractivity contribution in [3.63, 3.8) is 0 Å². The van der Waals surface area contributed by atoms with Crippen LogP contribution in [0.4, 0.5) is 35.9 Å². The number of rotatable bonds is 11. The first-order valence-electron chi connectivity index (χ1n) is 21.2. The van der Waals surface area contributed by atoms with E-state index >= 15 is 0 Å². The fraction of sp³-hybridized carbons (Fsp3) is 0.294. The number of nitrogens with two attached hydrogens (primary N) is 1. The molecule has 6 aromatic rings. The molecule has 362 valence electrons. The average Bonchev–Trinajstić information content (AvgIpc) is 3.27. The molecule has 0 saturated heterocycles. The van der Waals surface area contributed by atoms with Crippen LogP contribution < -0.4 is 37.9 Å². The number of para-hydroxylation sites is 2. The Kier molecular flexibility index (Phi) is 32.9. The molecule has 0 aliphatic heterocycles. The van der Waals surface area contributed by atoms with Gasteiger partial charge >= 0.3 is 6.18 Å². The molecule has 0 aromatic heterocycles. The molecule has 15 heteroatoms. The van der Waals surface area contributed by atoms with Gasteiger partial charge in [0.2, 0.25) is 0 Å². The van der Waals surface area contributed by atoms with Crippen molar-refractivity contribution in [2.24, 2.45) is 5.73 Å². The van der Waals surface area contributed by atoms with Crippen molar-refractivity contribution in [1.82, 2.24) is 6.15 Å². The van der Waals surface area contributed by atoms with Crippen molar-refractivity contribution < 1.29 is 17.9 Å². The first-order chi connectivity index (χ1) is 30.9. The van der Waals surface area contributed by atoms with Crippen LogP contribution in [0.25, 0.3) is 0 Å². The zero-order chi connectivity index (χ0) is 48.8. The monoisotopic (exact) mass is 1100 g/mol. The number of methoxy groups -OCH3 is 1. The summed E-state index contributed by atoms with van der Waals surface area (Å²) in [6.45, 7) is 17.4. The van der Waals surface area contributed by atoms with Gasteiger partial charge in [0, 0.05) is 63.9 Å². The van der Waals surface area contributed by atoms with Crippen molar-refractivity contribution in [3.8, 4) is 5.75 Å². The smallest absolute Gasteiger partial charge is 0.418 e. The van der Waals surface area contributed by atoms with Gasteiger partial charge in [-0.25, -0.2) is 0 Å². The zero-order valence-electron chi connectivity index (χ0n) is 39.0. The molecule has 7 nitrogen and oxygen atoms in total. The number of alkyl halides is 3. The Hall–Kier alpha value is -4.14. The molecule has 1 atom stereocenters. The van der Waals surface area contributed by atoms with Gasteiger partial charge in [0.15, 0.2) is 0 Å². The van der Waals surface area contributed by atoms with E-state index in [0.29, 0.717) is 27.4 Å². The third-order valence-corrected chi connectivity index (χ3v) is 10.8. The lowest BCUT2D eigenvalue weighted by Crippen LogP contribution is -2.10. The van der Waals surface area contributed by atoms with Crippen LogP contribution in [0.15, 0.2) is 142 Å². The number of aryl methyl sites for hydroxylation is 2. The van der Waals surface area contributed by atoms with E-state index in [-0.39, 0.29) is 17.9 Å². The third kappa shape index (κ3) is 25.7. The maximum atomic E-state index is 12.3. The second-order valence-corrected chi connectivity index (χ2v) is 16.8. The van der Waals surface area contributed by atoms with Crippen LogP contribution in [-0.4, -0.2) is 33.3 Å². The van der Waals surface area contributed by atoms with Gasteiger partial charge in [-0.05, 0) is 148 Å². The third-order valence-electron chi connectivity index (χ3n) is 8.54. The van der Waals surface area contributed by atoms with E-state index in [1.807, 2.05) is 98.8 Å². The number of halogens is 8. The number of nitrogens with one attached hydrogen (secondary N) is 4. The highest BCUT2D eigenvalue weighted by Crippen LogP contribution is 2.34. The number of benzene rings is 6. The van der Waals surface area contributed by atoms with Crippen molar-refractivity contribution in [2.75, 3.05) is 54.6 Å². The summed E-state index contributed by atoms with van der Waals surface area (Å²) in [7, 11) is 1.61. The molecule has 0 aliphatic carbocycles. The summed E-state index contributed by atoms with van der Waals surface area (Å²) < 4.78 is 44.3. The lowest BCUT2D eigenvalue weighted by Gasteiger charge is -2.12. The van der Waals surface area contributed by atoms with Crippen molar-refractivity contribution in [1.29, 1.82) is 0 Å². The number of hydrogen-bond acceptors (Lipinski definition) is 7. The summed E-state index contributed by atoms with van der Waals surface area (Å²) >= 11 is 24.2. The molecule has 6 aromatic carbocycles. The minimum Gasteiger partial charge on any atom is -0.495 e. The first kappa shape index (κ1) is 61.9. The Balaban J connectivity index is 0.000000768. The van der Waals surface area contributed by atoms with Crippen molar-refractivity contribution in [3.05, 3.63) is 180 Å². The zero-order valence-corrected chi connectivity index (χ0v) is 44.5. The lowest BCUT2D eigenvalue weighted by atomic mass is 10.1. The van der Waals surface area contributed by atoms with E-state index in [1.165, 1.54) is 28.8 Å². The van der Waals surface area contributed by atoms with Crippen LogP contribution in [0, 0.1) is 6.92 Å². The summed E-state index contributed by atoms with van der Waals surface area (Å²) in [5.74, 6) is 0.707. The van der Waals surface area contributed by atoms with Crippen molar-refractivity contribution in [2.45, 2.75) is 67.1 Å². The van der Waals surface area contributed by atoms with E-state index in [1.54, 1.807) is 20.1 Å². The van der Waals surface area contributed by atoms with E-state index in [9.17, 15) is 13.2 Å². The lowest BCUT2D eigenvalue weighted by molar-refractivity contribution is -0.136. The highest BCUT2D eigenvalue weighted by atomic mass is 79.9. The van der Waals surface area contributed by atoms with Gasteiger partial charge in [0.25, 0.3) is 0 Å². The SMILES string of the molecule is CCNc1ccc(OC)c(Cl)c1.CCNc1cccc(Br)c1.CCNc1ccccc1Br.CCNc1ccccc1C(F)(F)F.CCc1ccc(Cl)c(Cl)c1.Cc1cccc(C(C)N)c1.N. The summed E-state index contributed by atoms with van der Waals surface area (Å²) in [5.41, 5.74) is 12.2. The van der Waals surface area contributed by atoms with Gasteiger partial charge in [-0.3, -0.25) is 0 Å². The van der Waals surface area contributed by atoms with Crippen LogP contribution in [-0.2, 0) is 12.6 Å². The highest BCUT2D eigenvalue weighted by Gasteiger charge is 2.32. The minimum atomic E-state index is -4.28. The average molecular weight is 1100 g/mol. The molecule has 6 rings (SSSR count). The molecule has 0 amide bonds. The van der Waals surface area contributed by atoms with Gasteiger partial charge in [0.1, 0.15) is 5.75 Å². The summed E-state index contributed by atoms with van der Waals surface area (Å²) in [5, 5.41) is 14.2. The van der Waals surface area contributed by atoms with Crippen LogP contribution in [0.1, 0.15) is 69.8 Å². The van der Waals surface area contributed by atoms with E-state index in [2.05, 4.69) is 105 Å². The van der Waals surface area contributed by atoms with Crippen LogP contribution in [0.2, 0.25) is 15.1 Å². The van der Waals surface area contributed by atoms with Gasteiger partial charge in [-0.1, -0.05) is 124 Å². The number of anilines is 4. The molecule has 0 bridgehead atoms. The summed E-state index contributed by atoms with van der Waals surface area (Å²) in [6, 6.07) is 41.4. The quantitative estimate of drug-likeness (QED) is 0.0765. The topological polar surface area (TPSA) is 118 Å². The highest BCUT2D eigenvalue weighted by molar-refractivity contribution is 9.10. The molecule has 0 radical (unpaired) electrons. The molecule has 1 unspecified atom stereocenters. The maximum Gasteiger partial charge on any atom is 0.418 e. The van der Waals surface area contributed by atoms with E-state index in [4.69, 9.17) is 45.3 Å². The van der Waals surface area contributed by atoms with Crippen LogP contribution in [0.3, 0.4) is 0 Å². The molecule has 0 aliphatic rings. The van der Waals surface area contributed by atoms with E-state index < -0.39 is 11.7 Å². The molecule has 0 heterocycles. The predicted molar refractivity (Wildman–Crippen MR) is 289 cm³/mol. The molecule has 9 N–H and O–H groups in total. The molecule has 66 heavy (non-hydrogen) atoms. The molecule has 0 saturated carbocycles. The van der Waals surface area contributed by atoms with Gasteiger partial charge in [0.05, 0.1) is 27.7 Å². The minimum absolute atomic E-state index is 0. The number of ether oxygens (including phenoxy) is 1. The Bertz CT molecular complexity index is 2240. The largest absolute Gasteiger partial charge is 0.495 e. The number of hydrogen-bond donors (Lipinski definition) is 6. The van der Waals surface area contributed by atoms with Crippen LogP contribution >= 0.6 is 66.7 Å². The van der Waals surface area contributed by atoms with Crippen LogP contribution in [0.5, 0.6) is 5.75 Å². The van der Waals surface area contributed by atoms with Gasteiger partial charge in [-0.2, -0.15) is 13.2 Å². The second kappa shape index (κ2) is 35.1. The maximum absolute atomic E-state index is 12.3. The Morgan fingerprint density at radius 2 is 1.17 bits per heavy atom. The Morgan fingerprint density at radius 3 is 1.65 bits per heavy atom. The predicted octanol–water partition coefficient (Wildman–Crippen LogP) is 17.4. The summed E-state index contributed by atoms with van der Waals surface area (Å²) in [4.78, 5) is 0. The molecule has 0 fully saturated rings. The Morgan fingerprint density at radius 1 is 0.606 bits per heavy atom. The van der Waals surface area contributed by atoms with Gasteiger partial charge in [-0.15, -0.1) is 0 Å². The Labute approximate surface area is 423 Å². The van der Waals surface area contributed by atoms with Gasteiger partial charge < -0.3 is 37.9 Å². The van der Waals surface area contributed by atoms with Crippen molar-refractivity contribution >= 4 is 89.4 Å². The molecular weight excluding hydrogens is 1040 g/mol. The fourth-order valence-corrected chi connectivity index (χ4v) is 6.77. The normalized spacial score (nSPS) is 10.3. The first-order valence-corrected chi connectivity index (χ1v) is 23.9. The summed E-state index contributed by atoms with van der Waals surface area (Å²) in [6.07, 6.45) is -3.28. The standard InChI is InChI=1S/C9H12ClNO.C9H10F3N.C9H13N.2C8H10BrN.C8H8Cl2.H3N/c1-3-11-7-4-5-9(12-2)8(10)6-7;1-2-13-8-6-4-3-5-7(8)9(10,11)12;1-7-4-3-5-9(6-7)8(2)10;1-2-10-8-5-3-4-7(9)6-8;1-2-10-8-6-4-3-5-7(8)9;1-2-6-3-4-7(9)8(10)5-6;/h4-6,11H,3H2,1-2H3;3-6,13H,2H2,1H3;3-6,8H,10H2,1-2H3;2*3-6,10H,2H2,1H3;3-5H,2H2,1H3;1H3. The second-order valence-electron chi connectivity index (χ2n) is 13.8. The molecular formula is C51H66Br2Cl3F3N6O. The molecule has 0 spiro atoms.